The maximum atomic E-state index is 11.5. The second-order valence-electron chi connectivity index (χ2n) is 4.94. The average molecular weight is 358 g/mol. The molecule has 0 aliphatic rings. The van der Waals surface area contributed by atoms with Crippen LogP contribution in [-0.4, -0.2) is 10.0 Å². The van der Waals surface area contributed by atoms with E-state index in [1.54, 1.807) is 42.5 Å². The standard InChI is InChI=1S/C17H12BrNO3/c18-13-6-3-5-12(10-13)17(20)15-9-8-11-4-1-2-7-14(11)16(15)19(21)22/h1-10,17,20H. The molecule has 0 heterocycles. The molecule has 0 radical (unpaired) electrons. The Kier molecular flexibility index (Phi) is 3.92. The number of aliphatic hydroxyl groups is 1. The topological polar surface area (TPSA) is 63.4 Å². The summed E-state index contributed by atoms with van der Waals surface area (Å²) in [5.74, 6) is 0. The first-order valence-corrected chi connectivity index (χ1v) is 7.47. The third-order valence-corrected chi connectivity index (χ3v) is 4.07. The summed E-state index contributed by atoms with van der Waals surface area (Å²) in [5.41, 5.74) is 0.847. The minimum absolute atomic E-state index is 0.0504. The van der Waals surface area contributed by atoms with Gasteiger partial charge in [-0.15, -0.1) is 0 Å². The van der Waals surface area contributed by atoms with Gasteiger partial charge in [-0.3, -0.25) is 10.1 Å². The lowest BCUT2D eigenvalue weighted by atomic mass is 9.96. The second kappa shape index (κ2) is 5.87. The van der Waals surface area contributed by atoms with Crippen LogP contribution in [0.4, 0.5) is 5.69 Å². The molecule has 5 heteroatoms. The Morgan fingerprint density at radius 1 is 1.05 bits per heavy atom. The maximum absolute atomic E-state index is 11.5. The number of nitrogens with zero attached hydrogens (tertiary/aromatic N) is 1. The molecule has 3 aromatic rings. The lowest BCUT2D eigenvalue weighted by molar-refractivity contribution is -0.384. The smallest absolute Gasteiger partial charge is 0.283 e. The Morgan fingerprint density at radius 3 is 2.55 bits per heavy atom. The van der Waals surface area contributed by atoms with Gasteiger partial charge in [0.25, 0.3) is 5.69 Å². The number of rotatable bonds is 3. The van der Waals surface area contributed by atoms with Crippen LogP contribution in [0.1, 0.15) is 17.2 Å². The number of halogens is 1. The summed E-state index contributed by atoms with van der Waals surface area (Å²) in [6, 6.07) is 17.6. The van der Waals surface area contributed by atoms with E-state index in [0.29, 0.717) is 16.5 Å². The van der Waals surface area contributed by atoms with E-state index < -0.39 is 11.0 Å². The van der Waals surface area contributed by atoms with E-state index in [9.17, 15) is 15.2 Å². The molecule has 22 heavy (non-hydrogen) atoms. The molecule has 4 nitrogen and oxygen atoms in total. The third kappa shape index (κ3) is 2.61. The molecule has 3 aromatic carbocycles. The van der Waals surface area contributed by atoms with E-state index in [1.165, 1.54) is 0 Å². The molecule has 1 unspecified atom stereocenters. The first kappa shape index (κ1) is 14.7. The van der Waals surface area contributed by atoms with Gasteiger partial charge in [-0.1, -0.05) is 52.3 Å². The molecule has 0 fully saturated rings. The predicted molar refractivity (Wildman–Crippen MR) is 88.8 cm³/mol. The fourth-order valence-corrected chi connectivity index (χ4v) is 2.97. The number of aliphatic hydroxyl groups excluding tert-OH is 1. The molecule has 1 atom stereocenters. The summed E-state index contributed by atoms with van der Waals surface area (Å²) in [6.45, 7) is 0. The summed E-state index contributed by atoms with van der Waals surface area (Å²) in [4.78, 5) is 11.1. The maximum Gasteiger partial charge on any atom is 0.283 e. The number of hydrogen-bond donors (Lipinski definition) is 1. The van der Waals surface area contributed by atoms with Crippen molar-refractivity contribution in [2.24, 2.45) is 0 Å². The van der Waals surface area contributed by atoms with Gasteiger partial charge in [0.15, 0.2) is 0 Å². The van der Waals surface area contributed by atoms with E-state index >= 15 is 0 Å². The monoisotopic (exact) mass is 357 g/mol. The van der Waals surface area contributed by atoms with Crippen molar-refractivity contribution >= 4 is 32.4 Å². The van der Waals surface area contributed by atoms with Crippen LogP contribution in [0.3, 0.4) is 0 Å². The minimum Gasteiger partial charge on any atom is -0.383 e. The molecule has 0 amide bonds. The van der Waals surface area contributed by atoms with E-state index in [-0.39, 0.29) is 5.69 Å². The van der Waals surface area contributed by atoms with Crippen molar-refractivity contribution < 1.29 is 10.0 Å². The van der Waals surface area contributed by atoms with Crippen molar-refractivity contribution in [3.05, 3.63) is 86.4 Å². The number of nitro benzene ring substituents is 1. The Morgan fingerprint density at radius 2 is 1.82 bits per heavy atom. The van der Waals surface area contributed by atoms with Crippen LogP contribution in [0, 0.1) is 10.1 Å². The second-order valence-corrected chi connectivity index (χ2v) is 5.85. The summed E-state index contributed by atoms with van der Waals surface area (Å²) in [7, 11) is 0. The van der Waals surface area contributed by atoms with E-state index in [0.717, 1.165) is 9.86 Å². The molecule has 0 aromatic heterocycles. The SMILES string of the molecule is O=[N+]([O-])c1c(C(O)c2cccc(Br)c2)ccc2ccccc12. The van der Waals surface area contributed by atoms with Crippen LogP contribution in [0.25, 0.3) is 10.8 Å². The molecule has 3 rings (SSSR count). The van der Waals surface area contributed by atoms with Crippen molar-refractivity contribution in [2.45, 2.75) is 6.10 Å². The lowest BCUT2D eigenvalue weighted by Gasteiger charge is -2.13. The fraction of sp³-hybridized carbons (Fsp3) is 0.0588. The zero-order valence-corrected chi connectivity index (χ0v) is 13.0. The van der Waals surface area contributed by atoms with E-state index in [2.05, 4.69) is 15.9 Å². The summed E-state index contributed by atoms with van der Waals surface area (Å²) >= 11 is 3.35. The Hall–Kier alpha value is -2.24. The quantitative estimate of drug-likeness (QED) is 0.550. The molecule has 0 spiro atoms. The molecule has 0 aliphatic heterocycles. The lowest BCUT2D eigenvalue weighted by Crippen LogP contribution is -2.04. The Labute approximate surface area is 135 Å². The van der Waals surface area contributed by atoms with Crippen LogP contribution < -0.4 is 0 Å². The zero-order valence-electron chi connectivity index (χ0n) is 11.4. The highest BCUT2D eigenvalue weighted by Gasteiger charge is 2.24. The Balaban J connectivity index is 2.22. The zero-order chi connectivity index (χ0) is 15.7. The number of fused-ring (bicyclic) bond motifs is 1. The molecule has 0 aliphatic carbocycles. The molecule has 0 bridgehead atoms. The first-order chi connectivity index (χ1) is 10.6. The fourth-order valence-electron chi connectivity index (χ4n) is 2.55. The normalized spacial score (nSPS) is 12.3. The summed E-state index contributed by atoms with van der Waals surface area (Å²) in [6.07, 6.45) is -1.05. The van der Waals surface area contributed by atoms with Crippen molar-refractivity contribution in [1.82, 2.24) is 0 Å². The number of nitro groups is 1. The van der Waals surface area contributed by atoms with E-state index in [1.807, 2.05) is 18.2 Å². The van der Waals surface area contributed by atoms with Gasteiger partial charge in [0.2, 0.25) is 0 Å². The van der Waals surface area contributed by atoms with Gasteiger partial charge in [0, 0.05) is 4.47 Å². The average Bonchev–Trinajstić information content (AvgIpc) is 2.52. The molecule has 0 saturated heterocycles. The number of hydrogen-bond acceptors (Lipinski definition) is 3. The van der Waals surface area contributed by atoms with Crippen LogP contribution in [0.5, 0.6) is 0 Å². The van der Waals surface area contributed by atoms with Crippen LogP contribution in [0.15, 0.2) is 65.1 Å². The molecular formula is C17H12BrNO3. The van der Waals surface area contributed by atoms with Gasteiger partial charge in [-0.05, 0) is 35.2 Å². The largest absolute Gasteiger partial charge is 0.383 e. The van der Waals surface area contributed by atoms with Crippen LogP contribution >= 0.6 is 15.9 Å². The third-order valence-electron chi connectivity index (χ3n) is 3.57. The highest BCUT2D eigenvalue weighted by molar-refractivity contribution is 9.10. The van der Waals surface area contributed by atoms with Gasteiger partial charge in [0.05, 0.1) is 15.9 Å². The highest BCUT2D eigenvalue weighted by Crippen LogP contribution is 2.36. The van der Waals surface area contributed by atoms with Crippen LogP contribution in [-0.2, 0) is 0 Å². The van der Waals surface area contributed by atoms with Crippen LogP contribution in [0.2, 0.25) is 0 Å². The predicted octanol–water partition coefficient (Wildman–Crippen LogP) is 4.59. The van der Waals surface area contributed by atoms with Gasteiger partial charge in [-0.25, -0.2) is 0 Å². The molecule has 1 N–H and O–H groups in total. The van der Waals surface area contributed by atoms with Gasteiger partial charge < -0.3 is 5.11 Å². The van der Waals surface area contributed by atoms with Crippen molar-refractivity contribution in [3.63, 3.8) is 0 Å². The van der Waals surface area contributed by atoms with Gasteiger partial charge >= 0.3 is 0 Å². The molecule has 0 saturated carbocycles. The van der Waals surface area contributed by atoms with E-state index in [4.69, 9.17) is 0 Å². The van der Waals surface area contributed by atoms with Gasteiger partial charge in [0.1, 0.15) is 6.10 Å². The summed E-state index contributed by atoms with van der Waals surface area (Å²) < 4.78 is 0.812. The minimum atomic E-state index is -1.05. The molecular weight excluding hydrogens is 346 g/mol. The highest BCUT2D eigenvalue weighted by atomic mass is 79.9. The van der Waals surface area contributed by atoms with Crippen molar-refractivity contribution in [2.75, 3.05) is 0 Å². The summed E-state index contributed by atoms with van der Waals surface area (Å²) in [5, 5.41) is 23.4. The number of benzene rings is 3. The van der Waals surface area contributed by atoms with Gasteiger partial charge in [-0.2, -0.15) is 0 Å². The van der Waals surface area contributed by atoms with Crippen molar-refractivity contribution in [3.8, 4) is 0 Å². The molecule has 110 valence electrons. The Bertz CT molecular complexity index is 863. The van der Waals surface area contributed by atoms with Crippen molar-refractivity contribution in [1.29, 1.82) is 0 Å². The first-order valence-electron chi connectivity index (χ1n) is 6.67.